The van der Waals surface area contributed by atoms with Crippen LogP contribution in [0.3, 0.4) is 0 Å². The summed E-state index contributed by atoms with van der Waals surface area (Å²) in [6, 6.07) is 16.0. The molecule has 0 aliphatic heterocycles. The second kappa shape index (κ2) is 9.63. The maximum atomic E-state index is 13.0. The van der Waals surface area contributed by atoms with Gasteiger partial charge in [-0.05, 0) is 89.3 Å². The summed E-state index contributed by atoms with van der Waals surface area (Å²) in [5.41, 5.74) is 0.837. The Bertz CT molecular complexity index is 1160. The minimum Gasteiger partial charge on any atom is -0.482 e. The monoisotopic (exact) mass is 560 g/mol. The van der Waals surface area contributed by atoms with Gasteiger partial charge in [0.25, 0.3) is 15.9 Å². The molecule has 0 radical (unpaired) electrons. The van der Waals surface area contributed by atoms with Crippen LogP contribution in [0.4, 0.5) is 15.8 Å². The van der Waals surface area contributed by atoms with Crippen LogP contribution in [0, 0.1) is 9.39 Å². The van der Waals surface area contributed by atoms with Crippen LogP contribution in [0.2, 0.25) is 5.02 Å². The van der Waals surface area contributed by atoms with Crippen LogP contribution in [-0.2, 0) is 14.8 Å². The smallest absolute Gasteiger partial charge is 0.262 e. The van der Waals surface area contributed by atoms with Gasteiger partial charge in [0, 0.05) is 14.9 Å². The van der Waals surface area contributed by atoms with Crippen molar-refractivity contribution in [2.45, 2.75) is 4.90 Å². The highest BCUT2D eigenvalue weighted by Crippen LogP contribution is 2.28. The lowest BCUT2D eigenvalue weighted by Gasteiger charge is -2.11. The summed E-state index contributed by atoms with van der Waals surface area (Å²) in [5.74, 6) is -0.703. The topological polar surface area (TPSA) is 84.5 Å². The molecular formula is C20H15ClFIN2O4S. The van der Waals surface area contributed by atoms with Crippen LogP contribution in [0.25, 0.3) is 0 Å². The van der Waals surface area contributed by atoms with Crippen molar-refractivity contribution in [2.75, 3.05) is 16.6 Å². The zero-order valence-corrected chi connectivity index (χ0v) is 19.0. The number of benzene rings is 3. The summed E-state index contributed by atoms with van der Waals surface area (Å²) in [4.78, 5) is 11.9. The van der Waals surface area contributed by atoms with Gasteiger partial charge in [-0.1, -0.05) is 11.6 Å². The van der Waals surface area contributed by atoms with Gasteiger partial charge in [-0.2, -0.15) is 0 Å². The predicted molar refractivity (Wildman–Crippen MR) is 122 cm³/mol. The molecule has 3 rings (SSSR count). The number of hydrogen-bond acceptors (Lipinski definition) is 4. The van der Waals surface area contributed by atoms with E-state index >= 15 is 0 Å². The number of sulfonamides is 1. The average Bonchev–Trinajstić information content (AvgIpc) is 2.70. The number of nitrogens with one attached hydrogen (secondary N) is 2. The first-order chi connectivity index (χ1) is 14.2. The second-order valence-corrected chi connectivity index (χ2v) is 9.38. The van der Waals surface area contributed by atoms with Gasteiger partial charge in [0.15, 0.2) is 6.61 Å². The Kier molecular flexibility index (Phi) is 7.16. The Balaban J connectivity index is 1.63. The fraction of sp³-hybridized carbons (Fsp3) is 0.0500. The van der Waals surface area contributed by atoms with Crippen molar-refractivity contribution in [3.63, 3.8) is 0 Å². The third kappa shape index (κ3) is 6.07. The van der Waals surface area contributed by atoms with E-state index in [2.05, 4.69) is 32.6 Å². The number of ether oxygens (including phenoxy) is 1. The summed E-state index contributed by atoms with van der Waals surface area (Å²) in [6.45, 7) is -0.300. The van der Waals surface area contributed by atoms with Crippen molar-refractivity contribution in [2.24, 2.45) is 0 Å². The molecule has 0 fully saturated rings. The summed E-state index contributed by atoms with van der Waals surface area (Å²) in [7, 11) is -3.93. The number of anilines is 2. The lowest BCUT2D eigenvalue weighted by molar-refractivity contribution is -0.118. The minimum atomic E-state index is -3.93. The van der Waals surface area contributed by atoms with Crippen molar-refractivity contribution in [1.82, 2.24) is 0 Å². The number of hydrogen-bond donors (Lipinski definition) is 2. The highest BCUT2D eigenvalue weighted by Gasteiger charge is 2.17. The van der Waals surface area contributed by atoms with Crippen molar-refractivity contribution < 1.29 is 22.3 Å². The van der Waals surface area contributed by atoms with Crippen LogP contribution in [-0.4, -0.2) is 20.9 Å². The molecule has 0 unspecified atom stereocenters. The Labute approximate surface area is 191 Å². The van der Waals surface area contributed by atoms with Crippen LogP contribution < -0.4 is 14.8 Å². The first-order valence-corrected chi connectivity index (χ1v) is 11.4. The molecule has 0 atom stereocenters. The molecule has 6 nitrogen and oxygen atoms in total. The molecule has 1 amide bonds. The molecule has 30 heavy (non-hydrogen) atoms. The van der Waals surface area contributed by atoms with Crippen LogP contribution >= 0.6 is 34.2 Å². The van der Waals surface area contributed by atoms with E-state index in [1.165, 1.54) is 30.3 Å². The second-order valence-electron chi connectivity index (χ2n) is 6.05. The van der Waals surface area contributed by atoms with Crippen LogP contribution in [0.5, 0.6) is 5.75 Å². The van der Waals surface area contributed by atoms with E-state index in [0.717, 1.165) is 15.7 Å². The van der Waals surface area contributed by atoms with Gasteiger partial charge in [-0.3, -0.25) is 9.52 Å². The summed E-state index contributed by atoms with van der Waals surface area (Å²) >= 11 is 8.28. The molecule has 10 heteroatoms. The first kappa shape index (κ1) is 22.3. The van der Waals surface area contributed by atoms with Gasteiger partial charge < -0.3 is 10.1 Å². The lowest BCUT2D eigenvalue weighted by Crippen LogP contribution is -2.20. The zero-order valence-electron chi connectivity index (χ0n) is 15.2. The number of carbonyl (C=O) groups excluding carboxylic acids is 1. The molecule has 0 spiro atoms. The van der Waals surface area contributed by atoms with Gasteiger partial charge in [0.2, 0.25) is 0 Å². The van der Waals surface area contributed by atoms with E-state index in [4.69, 9.17) is 16.3 Å². The molecule has 2 N–H and O–H groups in total. The molecule has 0 aliphatic carbocycles. The lowest BCUT2D eigenvalue weighted by atomic mass is 10.3. The number of rotatable bonds is 7. The van der Waals surface area contributed by atoms with E-state index in [9.17, 15) is 17.6 Å². The summed E-state index contributed by atoms with van der Waals surface area (Å²) < 4.78 is 46.7. The van der Waals surface area contributed by atoms with Crippen LogP contribution in [0.1, 0.15) is 0 Å². The maximum absolute atomic E-state index is 13.0. The average molecular weight is 561 g/mol. The number of halogens is 3. The summed E-state index contributed by atoms with van der Waals surface area (Å²) in [5, 5.41) is 2.71. The Hall–Kier alpha value is -2.37. The normalized spacial score (nSPS) is 11.0. The highest BCUT2D eigenvalue weighted by atomic mass is 127. The van der Waals surface area contributed by atoms with E-state index in [1.54, 1.807) is 12.1 Å². The number of amides is 1. The molecule has 0 heterocycles. The van der Waals surface area contributed by atoms with Gasteiger partial charge in [0.1, 0.15) is 11.6 Å². The van der Waals surface area contributed by atoms with Crippen molar-refractivity contribution in [3.8, 4) is 5.75 Å². The van der Waals surface area contributed by atoms with Gasteiger partial charge in [-0.25, -0.2) is 12.8 Å². The van der Waals surface area contributed by atoms with E-state index in [-0.39, 0.29) is 33.9 Å². The van der Waals surface area contributed by atoms with Crippen molar-refractivity contribution in [1.29, 1.82) is 0 Å². The predicted octanol–water partition coefficient (Wildman–Crippen LogP) is 4.90. The first-order valence-electron chi connectivity index (χ1n) is 8.49. The molecule has 0 saturated heterocycles. The molecular weight excluding hydrogens is 546 g/mol. The fourth-order valence-corrected chi connectivity index (χ4v) is 4.12. The van der Waals surface area contributed by atoms with Gasteiger partial charge >= 0.3 is 0 Å². The maximum Gasteiger partial charge on any atom is 0.262 e. The molecule has 0 bridgehead atoms. The third-order valence-electron chi connectivity index (χ3n) is 3.80. The van der Waals surface area contributed by atoms with E-state index < -0.39 is 15.8 Å². The minimum absolute atomic E-state index is 0.0269. The van der Waals surface area contributed by atoms with Crippen LogP contribution in [0.15, 0.2) is 71.6 Å². The highest BCUT2D eigenvalue weighted by molar-refractivity contribution is 14.1. The molecule has 3 aromatic rings. The van der Waals surface area contributed by atoms with E-state index in [1.807, 2.05) is 12.1 Å². The van der Waals surface area contributed by atoms with Crippen molar-refractivity contribution in [3.05, 3.63) is 81.1 Å². The molecule has 0 aliphatic rings. The quantitative estimate of drug-likeness (QED) is 0.403. The fourth-order valence-electron chi connectivity index (χ4n) is 2.37. The van der Waals surface area contributed by atoms with Gasteiger partial charge in [0.05, 0.1) is 9.92 Å². The van der Waals surface area contributed by atoms with Crippen molar-refractivity contribution >= 4 is 61.5 Å². The van der Waals surface area contributed by atoms with Gasteiger partial charge in [-0.15, -0.1) is 0 Å². The SMILES string of the molecule is O=C(COc1ccc(S(=O)(=O)Nc2ccc(F)cc2)cc1Cl)Nc1ccc(I)cc1. The molecule has 0 aromatic heterocycles. The Morgan fingerprint density at radius 1 is 1.00 bits per heavy atom. The Morgan fingerprint density at radius 3 is 2.27 bits per heavy atom. The molecule has 156 valence electrons. The third-order valence-corrected chi connectivity index (χ3v) is 6.19. The molecule has 0 saturated carbocycles. The zero-order chi connectivity index (χ0) is 21.7. The molecule has 3 aromatic carbocycles. The van der Waals surface area contributed by atoms with E-state index in [0.29, 0.717) is 5.69 Å². The number of carbonyl (C=O) groups is 1. The summed E-state index contributed by atoms with van der Waals surface area (Å²) in [6.07, 6.45) is 0. The Morgan fingerprint density at radius 2 is 1.63 bits per heavy atom. The standard InChI is InChI=1S/C20H15ClFIN2O4S/c21-18-11-17(30(27,28)25-16-5-1-13(22)2-6-16)9-10-19(18)29-12-20(26)24-15-7-3-14(23)4-8-15/h1-11,25H,12H2,(H,24,26). The largest absolute Gasteiger partial charge is 0.482 e.